The molecule has 1 aromatic rings. The molecule has 0 aliphatic heterocycles. The summed E-state index contributed by atoms with van der Waals surface area (Å²) < 4.78 is 33.9. The van der Waals surface area contributed by atoms with Crippen LogP contribution in [0, 0.1) is 0 Å². The van der Waals surface area contributed by atoms with Crippen molar-refractivity contribution in [3.05, 3.63) is 17.9 Å². The number of rotatable bonds is 6. The van der Waals surface area contributed by atoms with Crippen molar-refractivity contribution in [1.82, 2.24) is 4.31 Å². The first-order chi connectivity index (χ1) is 8.78. The Labute approximate surface area is 109 Å². The van der Waals surface area contributed by atoms with Crippen molar-refractivity contribution in [1.29, 1.82) is 0 Å². The van der Waals surface area contributed by atoms with Gasteiger partial charge >= 0.3 is 11.9 Å². The van der Waals surface area contributed by atoms with Gasteiger partial charge in [0.25, 0.3) is 10.0 Å². The highest BCUT2D eigenvalue weighted by Gasteiger charge is 2.26. The summed E-state index contributed by atoms with van der Waals surface area (Å²) in [7, 11) is -1.51. The molecule has 1 N–H and O–H groups in total. The van der Waals surface area contributed by atoms with Crippen LogP contribution in [0.1, 0.15) is 17.0 Å². The van der Waals surface area contributed by atoms with E-state index >= 15 is 0 Å². The van der Waals surface area contributed by atoms with E-state index < -0.39 is 32.8 Å². The van der Waals surface area contributed by atoms with Crippen LogP contribution < -0.4 is 0 Å². The fourth-order valence-corrected chi connectivity index (χ4v) is 2.27. The molecule has 0 aliphatic rings. The number of aromatic carboxylic acids is 1. The topological polar surface area (TPSA) is 114 Å². The number of carbonyl (C=O) groups excluding carboxylic acids is 1. The Hall–Kier alpha value is -1.87. The zero-order valence-corrected chi connectivity index (χ0v) is 11.1. The van der Waals surface area contributed by atoms with Gasteiger partial charge in [0.15, 0.2) is 0 Å². The number of nitrogens with zero attached hydrogens (tertiary/aromatic N) is 1. The molecule has 0 saturated carbocycles. The van der Waals surface area contributed by atoms with Crippen LogP contribution in [0.25, 0.3) is 0 Å². The number of hydrogen-bond donors (Lipinski definition) is 1. The maximum Gasteiger partial charge on any atom is 0.371 e. The second kappa shape index (κ2) is 5.85. The molecule has 0 aromatic carbocycles. The number of furan rings is 1. The summed E-state index contributed by atoms with van der Waals surface area (Å²) in [4.78, 5) is 21.5. The number of esters is 1. The number of carbonyl (C=O) groups is 2. The van der Waals surface area contributed by atoms with E-state index in [4.69, 9.17) is 9.52 Å². The van der Waals surface area contributed by atoms with Crippen LogP contribution in [0.4, 0.5) is 0 Å². The summed E-state index contributed by atoms with van der Waals surface area (Å²) >= 11 is 0. The first-order valence-corrected chi connectivity index (χ1v) is 6.59. The lowest BCUT2D eigenvalue weighted by Crippen LogP contribution is -2.29. The molecule has 0 amide bonds. The molecular weight excluding hydrogens is 278 g/mol. The lowest BCUT2D eigenvalue weighted by atomic mass is 10.4. The molecule has 0 aliphatic carbocycles. The highest BCUT2D eigenvalue weighted by atomic mass is 32.2. The molecular formula is C10H13NO7S. The lowest BCUT2D eigenvalue weighted by molar-refractivity contribution is -0.140. The minimum Gasteiger partial charge on any atom is -0.475 e. The second-order valence-corrected chi connectivity index (χ2v) is 5.55. The molecule has 1 aromatic heterocycles. The number of hydrogen-bond acceptors (Lipinski definition) is 6. The third kappa shape index (κ3) is 3.55. The largest absolute Gasteiger partial charge is 0.475 e. The first kappa shape index (κ1) is 15.2. The predicted molar refractivity (Wildman–Crippen MR) is 62.1 cm³/mol. The van der Waals surface area contributed by atoms with Crippen molar-refractivity contribution in [3.63, 3.8) is 0 Å². The summed E-state index contributed by atoms with van der Waals surface area (Å²) in [5, 5.41) is 8.16. The van der Waals surface area contributed by atoms with Crippen LogP contribution in [0.5, 0.6) is 0 Å². The Morgan fingerprint density at radius 1 is 1.42 bits per heavy atom. The van der Waals surface area contributed by atoms with Gasteiger partial charge in [0, 0.05) is 13.6 Å². The Morgan fingerprint density at radius 3 is 2.53 bits per heavy atom. The van der Waals surface area contributed by atoms with Crippen molar-refractivity contribution in [2.45, 2.75) is 11.5 Å². The van der Waals surface area contributed by atoms with Gasteiger partial charge in [-0.2, -0.15) is 4.31 Å². The van der Waals surface area contributed by atoms with Gasteiger partial charge in [-0.3, -0.25) is 4.79 Å². The van der Waals surface area contributed by atoms with E-state index in [0.717, 1.165) is 16.4 Å². The predicted octanol–water partition coefficient (Wildman–Crippen LogP) is 0.161. The van der Waals surface area contributed by atoms with Crippen LogP contribution in [0.15, 0.2) is 21.6 Å². The highest BCUT2D eigenvalue weighted by Crippen LogP contribution is 2.18. The number of sulfonamides is 1. The van der Waals surface area contributed by atoms with Gasteiger partial charge in [-0.05, 0) is 12.1 Å². The molecule has 1 rings (SSSR count). The van der Waals surface area contributed by atoms with E-state index in [2.05, 4.69) is 4.74 Å². The normalized spacial score (nSPS) is 11.5. The van der Waals surface area contributed by atoms with Gasteiger partial charge in [0.1, 0.15) is 0 Å². The Kier molecular flexibility index (Phi) is 4.67. The van der Waals surface area contributed by atoms with Crippen LogP contribution in [-0.2, 0) is 19.6 Å². The standard InChI is InChI=1S/C10H13NO7S/c1-11(6-5-8(12)17-2)19(15,16)9-4-3-7(18-9)10(13)14/h3-4H,5-6H2,1-2H3,(H,13,14). The van der Waals surface area contributed by atoms with Gasteiger partial charge in [-0.15, -0.1) is 0 Å². The van der Waals surface area contributed by atoms with Crippen molar-refractivity contribution in [2.24, 2.45) is 0 Å². The second-order valence-electron chi connectivity index (χ2n) is 3.58. The average Bonchev–Trinajstić information content (AvgIpc) is 2.85. The molecule has 0 atom stereocenters. The SMILES string of the molecule is COC(=O)CCN(C)S(=O)(=O)c1ccc(C(=O)O)o1. The molecule has 0 bridgehead atoms. The maximum atomic E-state index is 12.0. The smallest absolute Gasteiger partial charge is 0.371 e. The molecule has 0 fully saturated rings. The maximum absolute atomic E-state index is 12.0. The van der Waals surface area contributed by atoms with Crippen LogP contribution >= 0.6 is 0 Å². The Morgan fingerprint density at radius 2 is 2.05 bits per heavy atom. The summed E-state index contributed by atoms with van der Waals surface area (Å²) in [5.41, 5.74) is 0. The number of methoxy groups -OCH3 is 1. The van der Waals surface area contributed by atoms with Crippen molar-refractivity contribution >= 4 is 22.0 Å². The molecule has 1 heterocycles. The van der Waals surface area contributed by atoms with Gasteiger partial charge in [-0.1, -0.05) is 0 Å². The van der Waals surface area contributed by atoms with Gasteiger partial charge in [0.2, 0.25) is 10.9 Å². The van der Waals surface area contributed by atoms with E-state index in [1.807, 2.05) is 0 Å². The first-order valence-electron chi connectivity index (χ1n) is 5.15. The van der Waals surface area contributed by atoms with Gasteiger partial charge in [-0.25, -0.2) is 13.2 Å². The summed E-state index contributed by atoms with van der Waals surface area (Å²) in [6.07, 6.45) is -0.112. The van der Waals surface area contributed by atoms with Crippen molar-refractivity contribution in [3.8, 4) is 0 Å². The van der Waals surface area contributed by atoms with Crippen LogP contribution in [-0.4, -0.2) is 50.5 Å². The summed E-state index contributed by atoms with van der Waals surface area (Å²) in [6, 6.07) is 2.09. The minimum absolute atomic E-state index is 0.0991. The Balaban J connectivity index is 2.84. The van der Waals surface area contributed by atoms with Crippen LogP contribution in [0.2, 0.25) is 0 Å². The minimum atomic E-state index is -3.96. The Bertz CT molecular complexity index is 574. The van der Waals surface area contributed by atoms with Crippen LogP contribution in [0.3, 0.4) is 0 Å². The fourth-order valence-electron chi connectivity index (χ4n) is 1.20. The summed E-state index contributed by atoms with van der Waals surface area (Å²) in [6.45, 7) is -0.0991. The highest BCUT2D eigenvalue weighted by molar-refractivity contribution is 7.89. The molecule has 19 heavy (non-hydrogen) atoms. The summed E-state index contributed by atoms with van der Waals surface area (Å²) in [5.74, 6) is -2.38. The van der Waals surface area contributed by atoms with E-state index in [-0.39, 0.29) is 13.0 Å². The molecule has 0 saturated heterocycles. The van der Waals surface area contributed by atoms with E-state index in [1.54, 1.807) is 0 Å². The molecule has 0 radical (unpaired) electrons. The van der Waals surface area contributed by atoms with E-state index in [9.17, 15) is 18.0 Å². The zero-order chi connectivity index (χ0) is 14.6. The van der Waals surface area contributed by atoms with Crippen molar-refractivity contribution < 1.29 is 32.3 Å². The zero-order valence-electron chi connectivity index (χ0n) is 10.3. The average molecular weight is 291 g/mol. The third-order valence-corrected chi connectivity index (χ3v) is 4.05. The number of carboxylic acid groups (broad SMARTS) is 1. The van der Waals surface area contributed by atoms with Crippen molar-refractivity contribution in [2.75, 3.05) is 20.7 Å². The van der Waals surface area contributed by atoms with E-state index in [0.29, 0.717) is 0 Å². The molecule has 8 nitrogen and oxygen atoms in total. The quantitative estimate of drug-likeness (QED) is 0.742. The van der Waals surface area contributed by atoms with E-state index in [1.165, 1.54) is 14.2 Å². The number of ether oxygens (including phenoxy) is 1. The molecule has 0 spiro atoms. The third-order valence-electron chi connectivity index (χ3n) is 2.32. The molecule has 9 heteroatoms. The molecule has 0 unspecified atom stereocenters. The monoisotopic (exact) mass is 291 g/mol. The van der Waals surface area contributed by atoms with Gasteiger partial charge in [0.05, 0.1) is 13.5 Å². The lowest BCUT2D eigenvalue weighted by Gasteiger charge is -2.14. The van der Waals surface area contributed by atoms with Gasteiger partial charge < -0.3 is 14.3 Å². The fraction of sp³-hybridized carbons (Fsp3) is 0.400. The molecule has 106 valence electrons. The number of carboxylic acids is 1.